The summed E-state index contributed by atoms with van der Waals surface area (Å²) >= 11 is 6.11. The average molecular weight is 343 g/mol. The molecule has 0 unspecified atom stereocenters. The van der Waals surface area contributed by atoms with E-state index in [2.05, 4.69) is 9.97 Å². The van der Waals surface area contributed by atoms with Crippen LogP contribution in [-0.4, -0.2) is 25.5 Å². The molecule has 0 bridgehead atoms. The fraction of sp³-hybridized carbons (Fsp3) is 0.118. The maximum Gasteiger partial charge on any atom is 0.252 e. The molecular formula is C17H15ClN4O2. The van der Waals surface area contributed by atoms with Gasteiger partial charge in [0.15, 0.2) is 0 Å². The summed E-state index contributed by atoms with van der Waals surface area (Å²) in [6.45, 7) is 1.79. The maximum absolute atomic E-state index is 11.4. The summed E-state index contributed by atoms with van der Waals surface area (Å²) in [7, 11) is 0. The molecule has 0 saturated carbocycles. The highest BCUT2D eigenvalue weighted by Gasteiger charge is 2.17. The number of phenols is 1. The Morgan fingerprint density at radius 3 is 2.79 bits per heavy atom. The Kier molecular flexibility index (Phi) is 4.22. The van der Waals surface area contributed by atoms with Crippen LogP contribution in [0.15, 0.2) is 43.1 Å². The van der Waals surface area contributed by atoms with Crippen molar-refractivity contribution in [2.75, 3.05) is 0 Å². The van der Waals surface area contributed by atoms with Gasteiger partial charge in [-0.15, -0.1) is 0 Å². The van der Waals surface area contributed by atoms with Crippen LogP contribution in [0.5, 0.6) is 5.75 Å². The lowest BCUT2D eigenvalue weighted by Crippen LogP contribution is -2.12. The Morgan fingerprint density at radius 2 is 2.21 bits per heavy atom. The zero-order valence-electron chi connectivity index (χ0n) is 12.9. The number of benzene rings is 1. The summed E-state index contributed by atoms with van der Waals surface area (Å²) in [5, 5.41) is 10.1. The number of aromatic hydroxyl groups is 1. The fourth-order valence-electron chi connectivity index (χ4n) is 2.45. The van der Waals surface area contributed by atoms with Crippen molar-refractivity contribution < 1.29 is 9.90 Å². The molecule has 3 rings (SSSR count). The number of imidazole rings is 1. The van der Waals surface area contributed by atoms with Gasteiger partial charge in [0.25, 0.3) is 5.91 Å². The van der Waals surface area contributed by atoms with Gasteiger partial charge in [-0.2, -0.15) is 0 Å². The molecule has 1 amide bonds. The number of hydrogen-bond acceptors (Lipinski definition) is 4. The molecule has 24 heavy (non-hydrogen) atoms. The second kappa shape index (κ2) is 6.33. The molecule has 0 spiro atoms. The van der Waals surface area contributed by atoms with Gasteiger partial charge in [0.2, 0.25) is 0 Å². The van der Waals surface area contributed by atoms with Gasteiger partial charge in [0.1, 0.15) is 17.9 Å². The minimum absolute atomic E-state index is 0.0172. The van der Waals surface area contributed by atoms with Crippen molar-refractivity contribution in [3.05, 3.63) is 70.4 Å². The first kappa shape index (κ1) is 16.0. The quantitative estimate of drug-likeness (QED) is 0.762. The van der Waals surface area contributed by atoms with Crippen LogP contribution in [-0.2, 0) is 6.42 Å². The number of nitrogens with zero attached hydrogens (tertiary/aromatic N) is 3. The minimum Gasteiger partial charge on any atom is -0.506 e. The molecule has 0 saturated heterocycles. The molecule has 122 valence electrons. The Hall–Kier alpha value is -2.86. The molecule has 0 fully saturated rings. The number of aromatic nitrogens is 3. The zero-order chi connectivity index (χ0) is 17.3. The molecule has 0 radical (unpaired) electrons. The summed E-state index contributed by atoms with van der Waals surface area (Å²) in [5.74, 6) is -0.238. The van der Waals surface area contributed by atoms with Crippen molar-refractivity contribution >= 4 is 17.5 Å². The van der Waals surface area contributed by atoms with E-state index in [-0.39, 0.29) is 16.3 Å². The van der Waals surface area contributed by atoms with Crippen molar-refractivity contribution in [1.29, 1.82) is 0 Å². The van der Waals surface area contributed by atoms with Gasteiger partial charge in [-0.25, -0.2) is 9.97 Å². The number of rotatable bonds is 4. The molecule has 7 heteroatoms. The van der Waals surface area contributed by atoms with Crippen LogP contribution >= 0.6 is 11.6 Å². The second-order valence-corrected chi connectivity index (χ2v) is 5.78. The van der Waals surface area contributed by atoms with E-state index < -0.39 is 5.91 Å². The monoisotopic (exact) mass is 342 g/mol. The molecule has 6 nitrogen and oxygen atoms in total. The lowest BCUT2D eigenvalue weighted by molar-refractivity contribution is 0.0997. The van der Waals surface area contributed by atoms with E-state index >= 15 is 0 Å². The number of amides is 1. The number of carbonyl (C=O) groups excluding carboxylic acids is 1. The Labute approximate surface area is 143 Å². The summed E-state index contributed by atoms with van der Waals surface area (Å²) in [6.07, 6.45) is 7.43. The number of hydrogen-bond donors (Lipinski definition) is 2. The van der Waals surface area contributed by atoms with Gasteiger partial charge < -0.3 is 10.8 Å². The van der Waals surface area contributed by atoms with E-state index in [4.69, 9.17) is 17.3 Å². The van der Waals surface area contributed by atoms with Gasteiger partial charge in [-0.1, -0.05) is 17.7 Å². The molecular weight excluding hydrogens is 328 g/mol. The van der Waals surface area contributed by atoms with Crippen LogP contribution in [0.1, 0.15) is 27.0 Å². The first-order valence-corrected chi connectivity index (χ1v) is 7.59. The molecule has 1 aromatic carbocycles. The fourth-order valence-corrected chi connectivity index (χ4v) is 2.67. The molecule has 0 aliphatic rings. The minimum atomic E-state index is -0.718. The van der Waals surface area contributed by atoms with E-state index in [9.17, 15) is 9.90 Å². The van der Waals surface area contributed by atoms with Crippen molar-refractivity contribution in [1.82, 2.24) is 14.5 Å². The normalized spacial score (nSPS) is 10.8. The Morgan fingerprint density at radius 1 is 1.42 bits per heavy atom. The molecule has 0 atom stereocenters. The van der Waals surface area contributed by atoms with Crippen molar-refractivity contribution in [3.8, 4) is 11.6 Å². The summed E-state index contributed by atoms with van der Waals surface area (Å²) in [4.78, 5) is 19.8. The number of carbonyl (C=O) groups is 1. The van der Waals surface area contributed by atoms with Crippen LogP contribution in [0.4, 0.5) is 0 Å². The van der Waals surface area contributed by atoms with Crippen LogP contribution < -0.4 is 5.73 Å². The van der Waals surface area contributed by atoms with E-state index in [0.29, 0.717) is 12.0 Å². The topological polar surface area (TPSA) is 94.0 Å². The first-order valence-electron chi connectivity index (χ1n) is 7.21. The average Bonchev–Trinajstić information content (AvgIpc) is 3.10. The lowest BCUT2D eigenvalue weighted by Gasteiger charge is -2.12. The summed E-state index contributed by atoms with van der Waals surface area (Å²) in [6, 6.07) is 5.39. The summed E-state index contributed by atoms with van der Waals surface area (Å²) in [5.41, 5.74) is 7.77. The standard InChI is InChI=1S/C17H15ClN4O2/c1-10-12(7-13(17(19)24)16(23)15(10)18)6-11-2-3-14(21-8-11)22-5-4-20-9-22/h2-5,7-9,23H,6H2,1H3,(H2,19,24). The van der Waals surface area contributed by atoms with E-state index in [1.54, 1.807) is 36.3 Å². The Bertz CT molecular complexity index is 890. The van der Waals surface area contributed by atoms with Gasteiger partial charge in [-0.3, -0.25) is 9.36 Å². The number of nitrogens with two attached hydrogens (primary N) is 1. The van der Waals surface area contributed by atoms with Crippen LogP contribution in [0.25, 0.3) is 5.82 Å². The number of pyridine rings is 1. The third kappa shape index (κ3) is 2.96. The zero-order valence-corrected chi connectivity index (χ0v) is 13.7. The van der Waals surface area contributed by atoms with Crippen molar-refractivity contribution in [2.24, 2.45) is 5.73 Å². The summed E-state index contributed by atoms with van der Waals surface area (Å²) < 4.78 is 1.80. The molecule has 3 aromatic rings. The predicted molar refractivity (Wildman–Crippen MR) is 90.5 cm³/mol. The van der Waals surface area contributed by atoms with E-state index in [0.717, 1.165) is 16.9 Å². The third-order valence-corrected chi connectivity index (χ3v) is 4.29. The molecule has 0 aliphatic carbocycles. The molecule has 2 heterocycles. The van der Waals surface area contributed by atoms with Gasteiger partial charge in [-0.05, 0) is 42.2 Å². The molecule has 3 N–H and O–H groups in total. The Balaban J connectivity index is 1.92. The van der Waals surface area contributed by atoms with Gasteiger partial charge in [0, 0.05) is 18.6 Å². The molecule has 2 aromatic heterocycles. The second-order valence-electron chi connectivity index (χ2n) is 5.41. The van der Waals surface area contributed by atoms with Crippen molar-refractivity contribution in [3.63, 3.8) is 0 Å². The highest BCUT2D eigenvalue weighted by atomic mass is 35.5. The molecule has 0 aliphatic heterocycles. The highest BCUT2D eigenvalue weighted by Crippen LogP contribution is 2.34. The lowest BCUT2D eigenvalue weighted by atomic mass is 9.98. The smallest absolute Gasteiger partial charge is 0.252 e. The van der Waals surface area contributed by atoms with Gasteiger partial charge >= 0.3 is 0 Å². The first-order chi connectivity index (χ1) is 11.5. The SMILES string of the molecule is Cc1c(Cc2ccc(-n3ccnc3)nc2)cc(C(N)=O)c(O)c1Cl. The highest BCUT2D eigenvalue weighted by molar-refractivity contribution is 6.33. The third-order valence-electron chi connectivity index (χ3n) is 3.83. The van der Waals surface area contributed by atoms with Crippen LogP contribution in [0.3, 0.4) is 0 Å². The van der Waals surface area contributed by atoms with Crippen LogP contribution in [0.2, 0.25) is 5.02 Å². The van der Waals surface area contributed by atoms with E-state index in [1.807, 2.05) is 18.3 Å². The predicted octanol–water partition coefficient (Wildman–Crippen LogP) is 2.62. The maximum atomic E-state index is 11.4. The van der Waals surface area contributed by atoms with Gasteiger partial charge in [0.05, 0.1) is 10.6 Å². The number of halogens is 1. The van der Waals surface area contributed by atoms with Crippen molar-refractivity contribution in [2.45, 2.75) is 13.3 Å². The van der Waals surface area contributed by atoms with E-state index in [1.165, 1.54) is 0 Å². The largest absolute Gasteiger partial charge is 0.506 e. The van der Waals surface area contributed by atoms with Crippen LogP contribution in [0, 0.1) is 6.92 Å². The number of primary amides is 1.